The number of hydrogen-bond donors (Lipinski definition) is 0. The molecule has 0 N–H and O–H groups in total. The van der Waals surface area contributed by atoms with Gasteiger partial charge in [-0.15, -0.1) is 0 Å². The third-order valence-corrected chi connectivity index (χ3v) is 7.80. The van der Waals surface area contributed by atoms with Crippen LogP contribution in [0.25, 0.3) is 0 Å². The molecule has 1 aliphatic rings. The number of likely N-dealkylation sites (tertiary alicyclic amines) is 1. The van der Waals surface area contributed by atoms with E-state index in [4.69, 9.17) is 0 Å². The second-order valence-corrected chi connectivity index (χ2v) is 10.4. The lowest BCUT2D eigenvalue weighted by atomic mass is 9.68. The van der Waals surface area contributed by atoms with Gasteiger partial charge in [-0.05, 0) is 36.1 Å². The average Bonchev–Trinajstić information content (AvgIpc) is 2.97. The summed E-state index contributed by atoms with van der Waals surface area (Å²) in [6, 6.07) is 29.5. The van der Waals surface area contributed by atoms with Crippen LogP contribution in [-0.4, -0.2) is 34.7 Å². The Morgan fingerprint density at radius 1 is 0.737 bits per heavy atom. The van der Waals surface area contributed by atoms with Crippen molar-refractivity contribution in [3.05, 3.63) is 108 Å². The number of carbonyl (C=O) groups excluding carboxylic acids is 2. The van der Waals surface area contributed by atoms with Crippen molar-refractivity contribution < 1.29 is 9.59 Å². The molecule has 3 aromatic rings. The van der Waals surface area contributed by atoms with Crippen LogP contribution in [0.5, 0.6) is 0 Å². The first-order chi connectivity index (χ1) is 18.7. The Hall–Kier alpha value is -3.40. The zero-order chi connectivity index (χ0) is 26.8. The van der Waals surface area contributed by atoms with Gasteiger partial charge in [0.25, 0.3) is 11.8 Å². The Morgan fingerprint density at radius 2 is 1.29 bits per heavy atom. The van der Waals surface area contributed by atoms with E-state index >= 15 is 0 Å². The zero-order valence-corrected chi connectivity index (χ0v) is 23.0. The number of hydrogen-bond acceptors (Lipinski definition) is 2. The van der Waals surface area contributed by atoms with E-state index in [-0.39, 0.29) is 17.9 Å². The summed E-state index contributed by atoms with van der Waals surface area (Å²) < 4.78 is 0. The van der Waals surface area contributed by atoms with Gasteiger partial charge in [0.05, 0.1) is 6.04 Å². The van der Waals surface area contributed by atoms with Gasteiger partial charge in [-0.25, -0.2) is 0 Å². The lowest BCUT2D eigenvalue weighted by molar-refractivity contribution is -0.177. The Kier molecular flexibility index (Phi) is 9.75. The van der Waals surface area contributed by atoms with Gasteiger partial charge < -0.3 is 9.80 Å². The predicted molar refractivity (Wildman–Crippen MR) is 155 cm³/mol. The van der Waals surface area contributed by atoms with Crippen molar-refractivity contribution in [2.24, 2.45) is 0 Å². The van der Waals surface area contributed by atoms with E-state index in [0.29, 0.717) is 18.7 Å². The molecule has 4 heteroatoms. The van der Waals surface area contributed by atoms with Gasteiger partial charge >= 0.3 is 0 Å². The minimum atomic E-state index is -1.08. The highest BCUT2D eigenvalue weighted by Crippen LogP contribution is 2.54. The molecule has 0 spiro atoms. The predicted octanol–water partition coefficient (Wildman–Crippen LogP) is 7.77. The second-order valence-electron chi connectivity index (χ2n) is 10.4. The summed E-state index contributed by atoms with van der Waals surface area (Å²) >= 11 is 0. The molecule has 1 aliphatic heterocycles. The fraction of sp³-hybridized carbons (Fsp3) is 0.412. The molecule has 0 aliphatic carbocycles. The standard InChI is InChI=1S/C34H42N2O2/c1-3-5-7-18-26-35-31(28-20-12-9-13-21-28)34(33(35)38,30-24-16-11-17-25-30)36(27-19-8-6-4-2)32(37)29-22-14-10-15-23-29/h9-17,20-25,31H,3-8,18-19,26-27H2,1-2H3. The number of rotatable bonds is 14. The number of benzene rings is 3. The SMILES string of the molecule is CCCCCCN1C(=O)C(c2ccccc2)(N(CCCCCC)C(=O)c2ccccc2)C1c1ccccc1. The normalized spacial score (nSPS) is 18.7. The molecule has 38 heavy (non-hydrogen) atoms. The highest BCUT2D eigenvalue weighted by molar-refractivity contribution is 6.03. The Morgan fingerprint density at radius 3 is 1.89 bits per heavy atom. The van der Waals surface area contributed by atoms with Crippen LogP contribution in [0.1, 0.15) is 92.7 Å². The van der Waals surface area contributed by atoms with Crippen molar-refractivity contribution in [3.63, 3.8) is 0 Å². The van der Waals surface area contributed by atoms with Crippen LogP contribution in [0.3, 0.4) is 0 Å². The maximum absolute atomic E-state index is 14.5. The van der Waals surface area contributed by atoms with Crippen molar-refractivity contribution in [1.29, 1.82) is 0 Å². The first-order valence-corrected chi connectivity index (χ1v) is 14.4. The van der Waals surface area contributed by atoms with E-state index in [1.165, 1.54) is 0 Å². The molecule has 1 fully saturated rings. The largest absolute Gasteiger partial charge is 0.330 e. The molecule has 4 rings (SSSR count). The first-order valence-electron chi connectivity index (χ1n) is 14.4. The molecule has 0 bridgehead atoms. The molecule has 2 unspecified atom stereocenters. The van der Waals surface area contributed by atoms with E-state index in [2.05, 4.69) is 26.0 Å². The van der Waals surface area contributed by atoms with Crippen LogP contribution in [0, 0.1) is 0 Å². The lowest BCUT2D eigenvalue weighted by Gasteiger charge is -2.60. The Bertz CT molecular complexity index is 1150. The number of amides is 2. The summed E-state index contributed by atoms with van der Waals surface area (Å²) in [5.74, 6) is -0.0420. The number of carbonyl (C=O) groups is 2. The molecular formula is C34H42N2O2. The van der Waals surface area contributed by atoms with Gasteiger partial charge in [-0.2, -0.15) is 0 Å². The molecule has 1 saturated heterocycles. The van der Waals surface area contributed by atoms with Gasteiger partial charge in [0, 0.05) is 18.7 Å². The molecular weight excluding hydrogens is 468 g/mol. The number of unbranched alkanes of at least 4 members (excludes halogenated alkanes) is 6. The third-order valence-electron chi connectivity index (χ3n) is 7.80. The van der Waals surface area contributed by atoms with E-state index in [1.807, 2.05) is 88.7 Å². The average molecular weight is 511 g/mol. The summed E-state index contributed by atoms with van der Waals surface area (Å²) in [7, 11) is 0. The van der Waals surface area contributed by atoms with E-state index in [9.17, 15) is 9.59 Å². The van der Waals surface area contributed by atoms with Crippen LogP contribution < -0.4 is 0 Å². The lowest BCUT2D eigenvalue weighted by Crippen LogP contribution is -2.74. The first kappa shape index (κ1) is 27.6. The van der Waals surface area contributed by atoms with Crippen LogP contribution >= 0.6 is 0 Å². The molecule has 2 amide bonds. The monoisotopic (exact) mass is 510 g/mol. The van der Waals surface area contributed by atoms with Gasteiger partial charge in [0.15, 0.2) is 5.54 Å². The molecule has 3 aromatic carbocycles. The minimum absolute atomic E-state index is 0.0359. The molecule has 2 atom stereocenters. The van der Waals surface area contributed by atoms with E-state index in [1.54, 1.807) is 0 Å². The van der Waals surface area contributed by atoms with Crippen molar-refractivity contribution in [1.82, 2.24) is 9.80 Å². The Labute approximate surface area is 228 Å². The van der Waals surface area contributed by atoms with Gasteiger partial charge in [-0.3, -0.25) is 9.59 Å². The maximum atomic E-state index is 14.5. The number of nitrogens with zero attached hydrogens (tertiary/aromatic N) is 2. The smallest absolute Gasteiger partial charge is 0.256 e. The second kappa shape index (κ2) is 13.4. The summed E-state index contributed by atoms with van der Waals surface area (Å²) in [6.07, 6.45) is 8.52. The van der Waals surface area contributed by atoms with E-state index < -0.39 is 5.54 Å². The summed E-state index contributed by atoms with van der Waals surface area (Å²) in [6.45, 7) is 5.64. The fourth-order valence-electron chi connectivity index (χ4n) is 5.87. The minimum Gasteiger partial charge on any atom is -0.330 e. The quantitative estimate of drug-likeness (QED) is 0.164. The highest BCUT2D eigenvalue weighted by atomic mass is 16.2. The Balaban J connectivity index is 1.84. The van der Waals surface area contributed by atoms with Gasteiger partial charge in [0.2, 0.25) is 0 Å². The van der Waals surface area contributed by atoms with Crippen LogP contribution in [-0.2, 0) is 10.3 Å². The molecule has 200 valence electrons. The van der Waals surface area contributed by atoms with Crippen molar-refractivity contribution in [3.8, 4) is 0 Å². The summed E-state index contributed by atoms with van der Waals surface area (Å²) in [5, 5.41) is 0. The zero-order valence-electron chi connectivity index (χ0n) is 23.0. The van der Waals surface area contributed by atoms with Crippen molar-refractivity contribution in [2.45, 2.75) is 76.8 Å². The molecule has 4 nitrogen and oxygen atoms in total. The van der Waals surface area contributed by atoms with Crippen LogP contribution in [0.4, 0.5) is 0 Å². The topological polar surface area (TPSA) is 40.6 Å². The molecule has 0 radical (unpaired) electrons. The number of β-lactam (4-membered cyclic amide) rings is 1. The molecule has 0 aromatic heterocycles. The third kappa shape index (κ3) is 5.55. The fourth-order valence-corrected chi connectivity index (χ4v) is 5.87. The van der Waals surface area contributed by atoms with Crippen LogP contribution in [0.15, 0.2) is 91.0 Å². The molecule has 1 heterocycles. The van der Waals surface area contributed by atoms with Gasteiger partial charge in [-0.1, -0.05) is 131 Å². The van der Waals surface area contributed by atoms with Crippen molar-refractivity contribution >= 4 is 11.8 Å². The van der Waals surface area contributed by atoms with E-state index in [0.717, 1.165) is 62.5 Å². The summed E-state index contributed by atoms with van der Waals surface area (Å²) in [4.78, 5) is 32.8. The highest BCUT2D eigenvalue weighted by Gasteiger charge is 2.66. The maximum Gasteiger partial charge on any atom is 0.256 e. The molecule has 0 saturated carbocycles. The van der Waals surface area contributed by atoms with Crippen molar-refractivity contribution in [2.75, 3.05) is 13.1 Å². The van der Waals surface area contributed by atoms with Gasteiger partial charge in [0.1, 0.15) is 0 Å². The van der Waals surface area contributed by atoms with Crippen LogP contribution in [0.2, 0.25) is 0 Å². The summed E-state index contributed by atoms with van der Waals surface area (Å²) in [5.41, 5.74) is 1.51.